The second-order valence-electron chi connectivity index (χ2n) is 6.63. The second-order valence-corrected chi connectivity index (χ2v) is 6.63. The maximum absolute atomic E-state index is 14.3. The van der Waals surface area contributed by atoms with Crippen molar-refractivity contribution in [1.82, 2.24) is 5.32 Å². The summed E-state index contributed by atoms with van der Waals surface area (Å²) in [5.41, 5.74) is 1.64. The minimum Gasteiger partial charge on any atom is -0.396 e. The van der Waals surface area contributed by atoms with Crippen molar-refractivity contribution in [3.63, 3.8) is 0 Å². The highest BCUT2D eigenvalue weighted by atomic mass is 19.1. The minimum atomic E-state index is -0.171. The summed E-state index contributed by atoms with van der Waals surface area (Å²) >= 11 is 0. The molecule has 4 nitrogen and oxygen atoms in total. The molecule has 0 aliphatic carbocycles. The van der Waals surface area contributed by atoms with Gasteiger partial charge in [-0.15, -0.1) is 0 Å². The van der Waals surface area contributed by atoms with Crippen molar-refractivity contribution in [3.05, 3.63) is 29.6 Å². The van der Waals surface area contributed by atoms with Crippen LogP contribution in [0.1, 0.15) is 25.8 Å². The molecule has 0 amide bonds. The molecule has 2 N–H and O–H groups in total. The lowest BCUT2D eigenvalue weighted by Crippen LogP contribution is -2.36. The van der Waals surface area contributed by atoms with Crippen LogP contribution in [0.2, 0.25) is 0 Å². The van der Waals surface area contributed by atoms with Crippen LogP contribution in [-0.2, 0) is 11.3 Å². The van der Waals surface area contributed by atoms with Gasteiger partial charge in [0.25, 0.3) is 0 Å². The molecule has 0 bridgehead atoms. The topological polar surface area (TPSA) is 44.7 Å². The molecule has 0 spiro atoms. The Morgan fingerprint density at radius 1 is 1.32 bits per heavy atom. The van der Waals surface area contributed by atoms with Gasteiger partial charge in [0, 0.05) is 32.8 Å². The lowest BCUT2D eigenvalue weighted by atomic mass is 9.90. The maximum Gasteiger partial charge on any atom is 0.146 e. The highest BCUT2D eigenvalue weighted by Gasteiger charge is 2.17. The van der Waals surface area contributed by atoms with E-state index in [1.807, 2.05) is 17.0 Å². The average Bonchev–Trinajstić information content (AvgIpc) is 2.48. The smallest absolute Gasteiger partial charge is 0.146 e. The maximum atomic E-state index is 14.3. The minimum absolute atomic E-state index is 0.0427. The van der Waals surface area contributed by atoms with Crippen LogP contribution in [0.4, 0.5) is 10.1 Å². The zero-order valence-electron chi connectivity index (χ0n) is 13.6. The predicted octanol–water partition coefficient (Wildman–Crippen LogP) is 2.16. The molecule has 1 aliphatic rings. The molecule has 0 saturated carbocycles. The van der Waals surface area contributed by atoms with Crippen LogP contribution in [0.5, 0.6) is 0 Å². The number of aliphatic hydroxyl groups is 1. The van der Waals surface area contributed by atoms with E-state index in [0.29, 0.717) is 25.4 Å². The summed E-state index contributed by atoms with van der Waals surface area (Å²) in [5.74, 6) is -0.171. The summed E-state index contributed by atoms with van der Waals surface area (Å²) in [6.45, 7) is 8.63. The Bertz CT molecular complexity index is 474. The van der Waals surface area contributed by atoms with Gasteiger partial charge in [-0.2, -0.15) is 0 Å². The Labute approximate surface area is 132 Å². The van der Waals surface area contributed by atoms with Crippen LogP contribution in [0, 0.1) is 11.2 Å². The first-order valence-corrected chi connectivity index (χ1v) is 7.94. The van der Waals surface area contributed by atoms with E-state index in [9.17, 15) is 4.39 Å². The summed E-state index contributed by atoms with van der Waals surface area (Å²) < 4.78 is 19.6. The number of halogens is 1. The fraction of sp³-hybridized carbons (Fsp3) is 0.647. The largest absolute Gasteiger partial charge is 0.396 e. The van der Waals surface area contributed by atoms with Gasteiger partial charge in [0.1, 0.15) is 5.82 Å². The van der Waals surface area contributed by atoms with Crippen molar-refractivity contribution in [2.75, 3.05) is 44.4 Å². The van der Waals surface area contributed by atoms with Gasteiger partial charge in [-0.3, -0.25) is 0 Å². The van der Waals surface area contributed by atoms with E-state index in [1.165, 1.54) is 0 Å². The molecule has 22 heavy (non-hydrogen) atoms. The third-order valence-electron chi connectivity index (χ3n) is 4.09. The van der Waals surface area contributed by atoms with E-state index in [4.69, 9.17) is 9.84 Å². The molecule has 0 radical (unpaired) electrons. The summed E-state index contributed by atoms with van der Waals surface area (Å²) in [5, 5.41) is 12.4. The Kier molecular flexibility index (Phi) is 6.17. The number of anilines is 1. The zero-order valence-corrected chi connectivity index (χ0v) is 13.6. The molecule has 1 aromatic carbocycles. The van der Waals surface area contributed by atoms with Gasteiger partial charge in [-0.1, -0.05) is 19.9 Å². The third kappa shape index (κ3) is 4.93. The van der Waals surface area contributed by atoms with Gasteiger partial charge in [0.2, 0.25) is 0 Å². The van der Waals surface area contributed by atoms with E-state index in [-0.39, 0.29) is 17.8 Å². The van der Waals surface area contributed by atoms with Crippen molar-refractivity contribution >= 4 is 5.69 Å². The molecular weight excluding hydrogens is 283 g/mol. The van der Waals surface area contributed by atoms with Gasteiger partial charge in [-0.05, 0) is 29.5 Å². The van der Waals surface area contributed by atoms with Crippen LogP contribution in [0.3, 0.4) is 0 Å². The fourth-order valence-electron chi connectivity index (χ4n) is 2.66. The van der Waals surface area contributed by atoms with Crippen LogP contribution in [-0.4, -0.2) is 44.6 Å². The van der Waals surface area contributed by atoms with Gasteiger partial charge in [0.05, 0.1) is 18.9 Å². The Morgan fingerprint density at radius 2 is 2.05 bits per heavy atom. The number of nitrogens with zero attached hydrogens (tertiary/aromatic N) is 1. The number of benzene rings is 1. The van der Waals surface area contributed by atoms with E-state index < -0.39 is 0 Å². The molecule has 0 atom stereocenters. The summed E-state index contributed by atoms with van der Waals surface area (Å²) in [7, 11) is 0. The van der Waals surface area contributed by atoms with Gasteiger partial charge < -0.3 is 20.1 Å². The average molecular weight is 310 g/mol. The Balaban J connectivity index is 1.89. The van der Waals surface area contributed by atoms with Crippen molar-refractivity contribution in [2.24, 2.45) is 5.41 Å². The lowest BCUT2D eigenvalue weighted by Gasteiger charge is -2.29. The zero-order chi connectivity index (χ0) is 16.0. The van der Waals surface area contributed by atoms with Crippen LogP contribution < -0.4 is 10.2 Å². The number of aliphatic hydroxyl groups excluding tert-OH is 1. The number of hydrogen-bond donors (Lipinski definition) is 2. The van der Waals surface area contributed by atoms with Crippen molar-refractivity contribution in [2.45, 2.75) is 26.8 Å². The number of nitrogens with one attached hydrogen (secondary N) is 1. The fourth-order valence-corrected chi connectivity index (χ4v) is 2.66. The van der Waals surface area contributed by atoms with Crippen LogP contribution >= 0.6 is 0 Å². The molecule has 0 aromatic heterocycles. The Morgan fingerprint density at radius 3 is 2.68 bits per heavy atom. The number of ether oxygens (including phenoxy) is 1. The molecule has 2 rings (SSSR count). The quantitative estimate of drug-likeness (QED) is 0.810. The molecule has 1 fully saturated rings. The first-order valence-electron chi connectivity index (χ1n) is 7.94. The molecule has 1 saturated heterocycles. The predicted molar refractivity (Wildman–Crippen MR) is 86.6 cm³/mol. The number of rotatable bonds is 7. The summed E-state index contributed by atoms with van der Waals surface area (Å²) in [6, 6.07) is 5.44. The highest BCUT2D eigenvalue weighted by Crippen LogP contribution is 2.22. The normalized spacial score (nSPS) is 16.1. The van der Waals surface area contributed by atoms with E-state index >= 15 is 0 Å². The molecule has 1 heterocycles. The molecule has 5 heteroatoms. The standard InChI is InChI=1S/C17H27FN2O2/c1-17(2,5-8-21)13-19-12-14-3-4-16(15(18)11-14)20-6-9-22-10-7-20/h3-4,11,19,21H,5-10,12-13H2,1-2H3. The summed E-state index contributed by atoms with van der Waals surface area (Å²) in [4.78, 5) is 2.03. The number of hydrogen-bond acceptors (Lipinski definition) is 4. The van der Waals surface area contributed by atoms with Gasteiger partial charge in [0.15, 0.2) is 0 Å². The third-order valence-corrected chi connectivity index (χ3v) is 4.09. The molecule has 124 valence electrons. The lowest BCUT2D eigenvalue weighted by molar-refractivity contribution is 0.122. The molecule has 1 aromatic rings. The first-order chi connectivity index (χ1) is 10.5. The SMILES string of the molecule is CC(C)(CCO)CNCc1ccc(N2CCOCC2)c(F)c1. The highest BCUT2D eigenvalue weighted by molar-refractivity contribution is 5.49. The van der Waals surface area contributed by atoms with Crippen molar-refractivity contribution in [1.29, 1.82) is 0 Å². The number of morpholine rings is 1. The molecule has 0 unspecified atom stereocenters. The van der Waals surface area contributed by atoms with Crippen LogP contribution in [0.25, 0.3) is 0 Å². The molecule has 1 aliphatic heterocycles. The van der Waals surface area contributed by atoms with E-state index in [0.717, 1.165) is 31.6 Å². The van der Waals surface area contributed by atoms with Crippen LogP contribution in [0.15, 0.2) is 18.2 Å². The van der Waals surface area contributed by atoms with Gasteiger partial charge >= 0.3 is 0 Å². The Hall–Kier alpha value is -1.17. The molecular formula is C17H27FN2O2. The van der Waals surface area contributed by atoms with Gasteiger partial charge in [-0.25, -0.2) is 4.39 Å². The second kappa shape index (κ2) is 7.90. The van der Waals surface area contributed by atoms with E-state index in [1.54, 1.807) is 6.07 Å². The monoisotopic (exact) mass is 310 g/mol. The van der Waals surface area contributed by atoms with Crippen molar-refractivity contribution < 1.29 is 14.2 Å². The van der Waals surface area contributed by atoms with E-state index in [2.05, 4.69) is 19.2 Å². The van der Waals surface area contributed by atoms with Crippen molar-refractivity contribution in [3.8, 4) is 0 Å². The summed E-state index contributed by atoms with van der Waals surface area (Å²) in [6.07, 6.45) is 0.754. The first kappa shape index (κ1) is 17.2.